The summed E-state index contributed by atoms with van der Waals surface area (Å²) in [5.41, 5.74) is 0.495. The first kappa shape index (κ1) is 8.49. The lowest BCUT2D eigenvalue weighted by Crippen LogP contribution is -2.04. The van der Waals surface area contributed by atoms with Gasteiger partial charge in [-0.1, -0.05) is 0 Å². The Morgan fingerprint density at radius 3 is 2.86 bits per heavy atom. The molecule has 3 N–H and O–H groups in total. The number of aromatic nitrogens is 3. The van der Waals surface area contributed by atoms with Crippen LogP contribution in [0.25, 0.3) is 11.0 Å². The second-order valence-electron chi connectivity index (χ2n) is 2.93. The maximum Gasteiger partial charge on any atom is 0.354 e. The first-order valence-electron chi connectivity index (χ1n) is 3.91. The van der Waals surface area contributed by atoms with Crippen LogP contribution in [0, 0.1) is 6.92 Å². The monoisotopic (exact) mass is 193 g/mol. The summed E-state index contributed by atoms with van der Waals surface area (Å²) in [6.07, 6.45) is 0. The van der Waals surface area contributed by atoms with E-state index in [1.165, 1.54) is 6.07 Å². The highest BCUT2D eigenvalue weighted by molar-refractivity contribution is 5.89. The zero-order valence-corrected chi connectivity index (χ0v) is 7.29. The molecule has 0 saturated carbocycles. The fraction of sp³-hybridized carbons (Fsp3) is 0.125. The third-order valence-corrected chi connectivity index (χ3v) is 1.96. The Hall–Kier alpha value is -2.11. The number of pyridine rings is 1. The van der Waals surface area contributed by atoms with Crippen LogP contribution in [0.5, 0.6) is 0 Å². The standard InChI is InChI=1S/C8H7N3O3/c1-3-2-4(8(13)14)9-6-5(3)7(12)11-10-6/h2H,1H3,(H,13,14)(H2,9,10,11,12). The molecule has 2 heterocycles. The van der Waals surface area contributed by atoms with E-state index in [0.29, 0.717) is 10.9 Å². The van der Waals surface area contributed by atoms with Gasteiger partial charge in [-0.2, -0.15) is 0 Å². The van der Waals surface area contributed by atoms with Crippen LogP contribution in [0.3, 0.4) is 0 Å². The number of hydrogen-bond acceptors (Lipinski definition) is 3. The van der Waals surface area contributed by atoms with E-state index in [0.717, 1.165) is 0 Å². The molecule has 0 saturated heterocycles. The minimum absolute atomic E-state index is 0.0785. The molecule has 0 aliphatic rings. The van der Waals surface area contributed by atoms with Crippen molar-refractivity contribution < 1.29 is 9.90 Å². The molecule has 0 spiro atoms. The van der Waals surface area contributed by atoms with Crippen LogP contribution in [-0.4, -0.2) is 26.3 Å². The summed E-state index contributed by atoms with van der Waals surface area (Å²) >= 11 is 0. The summed E-state index contributed by atoms with van der Waals surface area (Å²) in [5.74, 6) is -1.11. The van der Waals surface area contributed by atoms with Crippen LogP contribution in [0.15, 0.2) is 10.9 Å². The molecular weight excluding hydrogens is 186 g/mol. The Labute approximate surface area is 77.6 Å². The third-order valence-electron chi connectivity index (χ3n) is 1.96. The summed E-state index contributed by atoms with van der Waals surface area (Å²) in [4.78, 5) is 25.6. The number of fused-ring (bicyclic) bond motifs is 1. The number of carboxylic acid groups (broad SMARTS) is 1. The zero-order chi connectivity index (χ0) is 10.3. The molecule has 0 aliphatic heterocycles. The average Bonchev–Trinajstić information content (AvgIpc) is 2.48. The number of aryl methyl sites for hydroxylation is 1. The van der Waals surface area contributed by atoms with Gasteiger partial charge in [0, 0.05) is 0 Å². The molecule has 14 heavy (non-hydrogen) atoms. The van der Waals surface area contributed by atoms with Crippen molar-refractivity contribution in [2.45, 2.75) is 6.92 Å². The Kier molecular flexibility index (Phi) is 1.63. The van der Waals surface area contributed by atoms with Crippen molar-refractivity contribution in [1.29, 1.82) is 0 Å². The van der Waals surface area contributed by atoms with Crippen LogP contribution in [0.2, 0.25) is 0 Å². The lowest BCUT2D eigenvalue weighted by molar-refractivity contribution is 0.0691. The normalized spacial score (nSPS) is 10.6. The van der Waals surface area contributed by atoms with Gasteiger partial charge in [-0.05, 0) is 18.6 Å². The van der Waals surface area contributed by atoms with Crippen LogP contribution in [-0.2, 0) is 0 Å². The van der Waals surface area contributed by atoms with Gasteiger partial charge in [0.1, 0.15) is 0 Å². The number of aromatic carboxylic acids is 1. The fourth-order valence-corrected chi connectivity index (χ4v) is 1.34. The molecule has 0 fully saturated rings. The van der Waals surface area contributed by atoms with Crippen molar-refractivity contribution >= 4 is 17.0 Å². The van der Waals surface area contributed by atoms with E-state index in [9.17, 15) is 9.59 Å². The van der Waals surface area contributed by atoms with Crippen molar-refractivity contribution in [3.8, 4) is 0 Å². The van der Waals surface area contributed by atoms with Crippen molar-refractivity contribution in [2.75, 3.05) is 0 Å². The summed E-state index contributed by atoms with van der Waals surface area (Å²) in [6.45, 7) is 1.67. The van der Waals surface area contributed by atoms with Gasteiger partial charge in [-0.25, -0.2) is 9.78 Å². The first-order valence-corrected chi connectivity index (χ1v) is 3.91. The number of nitrogens with one attached hydrogen (secondary N) is 2. The highest BCUT2D eigenvalue weighted by atomic mass is 16.4. The van der Waals surface area contributed by atoms with Crippen LogP contribution < -0.4 is 5.56 Å². The second kappa shape index (κ2) is 2.69. The number of carboxylic acids is 1. The maximum absolute atomic E-state index is 11.2. The number of rotatable bonds is 1. The van der Waals surface area contributed by atoms with Crippen LogP contribution in [0.1, 0.15) is 16.1 Å². The average molecular weight is 193 g/mol. The number of carbonyl (C=O) groups is 1. The highest BCUT2D eigenvalue weighted by Crippen LogP contribution is 2.11. The van der Waals surface area contributed by atoms with Gasteiger partial charge in [0.2, 0.25) is 0 Å². The predicted molar refractivity (Wildman–Crippen MR) is 48.4 cm³/mol. The van der Waals surface area contributed by atoms with Crippen LogP contribution in [0.4, 0.5) is 0 Å². The molecule has 0 radical (unpaired) electrons. The molecule has 2 aromatic rings. The molecule has 0 amide bonds. The number of hydrogen-bond donors (Lipinski definition) is 3. The van der Waals surface area contributed by atoms with Crippen molar-refractivity contribution in [1.82, 2.24) is 15.2 Å². The predicted octanol–water partition coefficient (Wildman–Crippen LogP) is 0.258. The second-order valence-corrected chi connectivity index (χ2v) is 2.93. The SMILES string of the molecule is Cc1cc(C(=O)O)nc2[nH][nH]c(=O)c12. The lowest BCUT2D eigenvalue weighted by Gasteiger charge is -1.96. The molecule has 0 bridgehead atoms. The topological polar surface area (TPSA) is 98.8 Å². The van der Waals surface area contributed by atoms with E-state index in [4.69, 9.17) is 5.11 Å². The summed E-state index contributed by atoms with van der Waals surface area (Å²) in [6, 6.07) is 1.37. The van der Waals surface area contributed by atoms with Gasteiger partial charge in [0.25, 0.3) is 5.56 Å². The molecule has 6 heteroatoms. The zero-order valence-electron chi connectivity index (χ0n) is 7.29. The van der Waals surface area contributed by atoms with Gasteiger partial charge in [-0.3, -0.25) is 15.0 Å². The molecule has 0 aromatic carbocycles. The van der Waals surface area contributed by atoms with Gasteiger partial charge in [0.05, 0.1) is 5.39 Å². The van der Waals surface area contributed by atoms with Gasteiger partial charge >= 0.3 is 5.97 Å². The Morgan fingerprint density at radius 2 is 2.21 bits per heavy atom. The van der Waals surface area contributed by atoms with E-state index in [-0.39, 0.29) is 16.9 Å². The smallest absolute Gasteiger partial charge is 0.354 e. The number of H-pyrrole nitrogens is 2. The van der Waals surface area contributed by atoms with E-state index >= 15 is 0 Å². The van der Waals surface area contributed by atoms with E-state index in [1.54, 1.807) is 6.92 Å². The highest BCUT2D eigenvalue weighted by Gasteiger charge is 2.11. The van der Waals surface area contributed by atoms with E-state index in [1.807, 2.05) is 0 Å². The van der Waals surface area contributed by atoms with Gasteiger partial charge in [-0.15, -0.1) is 0 Å². The maximum atomic E-state index is 11.2. The molecule has 72 valence electrons. The Morgan fingerprint density at radius 1 is 1.50 bits per heavy atom. The minimum atomic E-state index is -1.11. The largest absolute Gasteiger partial charge is 0.477 e. The molecule has 2 rings (SSSR count). The van der Waals surface area contributed by atoms with Gasteiger partial charge in [0.15, 0.2) is 11.3 Å². The summed E-state index contributed by atoms with van der Waals surface area (Å²) in [7, 11) is 0. The summed E-state index contributed by atoms with van der Waals surface area (Å²) in [5, 5.41) is 14.0. The minimum Gasteiger partial charge on any atom is -0.477 e. The molecule has 0 aliphatic carbocycles. The van der Waals surface area contributed by atoms with Crippen molar-refractivity contribution in [3.63, 3.8) is 0 Å². The molecule has 2 aromatic heterocycles. The molecular formula is C8H7N3O3. The lowest BCUT2D eigenvalue weighted by atomic mass is 10.2. The quantitative estimate of drug-likeness (QED) is 0.604. The summed E-state index contributed by atoms with van der Waals surface area (Å²) < 4.78 is 0. The first-order chi connectivity index (χ1) is 6.59. The van der Waals surface area contributed by atoms with Crippen molar-refractivity contribution in [2.24, 2.45) is 0 Å². The molecule has 0 unspecified atom stereocenters. The Bertz CT molecular complexity index is 567. The fourth-order valence-electron chi connectivity index (χ4n) is 1.34. The van der Waals surface area contributed by atoms with Crippen LogP contribution >= 0.6 is 0 Å². The third kappa shape index (κ3) is 1.08. The number of nitrogens with zero attached hydrogens (tertiary/aromatic N) is 1. The molecule has 0 atom stereocenters. The van der Waals surface area contributed by atoms with E-state index < -0.39 is 5.97 Å². The molecule has 6 nitrogen and oxygen atoms in total. The number of aromatic amines is 2. The Balaban J connectivity index is 2.87. The van der Waals surface area contributed by atoms with Gasteiger partial charge < -0.3 is 5.11 Å². The van der Waals surface area contributed by atoms with Crippen molar-refractivity contribution in [3.05, 3.63) is 27.7 Å². The van der Waals surface area contributed by atoms with E-state index in [2.05, 4.69) is 15.2 Å².